The number of hydrogen-bond donors (Lipinski definition) is 1. The Morgan fingerprint density at radius 3 is 2.58 bits per heavy atom. The number of pyridine rings is 1. The minimum absolute atomic E-state index is 0.0557. The Labute approximate surface area is 211 Å². The molecule has 0 bridgehead atoms. The molecule has 4 rings (SSSR count). The molecule has 0 saturated carbocycles. The predicted octanol–water partition coefficient (Wildman–Crippen LogP) is 4.32. The summed E-state index contributed by atoms with van der Waals surface area (Å²) in [6, 6.07) is 6.18. The van der Waals surface area contributed by atoms with Crippen LogP contribution < -0.4 is 4.72 Å². The van der Waals surface area contributed by atoms with Gasteiger partial charge in [-0.05, 0) is 80.8 Å². The van der Waals surface area contributed by atoms with Crippen LogP contribution in [0.5, 0.6) is 0 Å². The highest BCUT2D eigenvalue weighted by Gasteiger charge is 2.28. The predicted molar refractivity (Wildman–Crippen MR) is 134 cm³/mol. The molecule has 0 aliphatic heterocycles. The third kappa shape index (κ3) is 6.17. The third-order valence-corrected chi connectivity index (χ3v) is 7.46. The standard InChI is InChI=1S/C26H32N4O5S/c1-25(2,3)34-22(31)11-13-28-36(32,33)19-8-6-17(7-9-19)23-29-24(35-30-23)21-16-27-15-18-14-26(4,5)12-10-20(18)21/h6-9,15-16,28H,10-14H2,1-5H3. The van der Waals surface area contributed by atoms with Gasteiger partial charge in [0.2, 0.25) is 15.8 Å². The fourth-order valence-electron chi connectivity index (χ4n) is 4.23. The molecule has 1 aliphatic carbocycles. The average molecular weight is 513 g/mol. The first-order chi connectivity index (χ1) is 16.8. The summed E-state index contributed by atoms with van der Waals surface area (Å²) in [5.41, 5.74) is 3.48. The summed E-state index contributed by atoms with van der Waals surface area (Å²) in [6.45, 7) is 9.74. The number of rotatable bonds is 7. The van der Waals surface area contributed by atoms with Crippen molar-refractivity contribution in [1.29, 1.82) is 0 Å². The lowest BCUT2D eigenvalue weighted by molar-refractivity contribution is -0.154. The first-order valence-electron chi connectivity index (χ1n) is 11.9. The Kier molecular flexibility index (Phi) is 7.03. The summed E-state index contributed by atoms with van der Waals surface area (Å²) >= 11 is 0. The van der Waals surface area contributed by atoms with Crippen molar-refractivity contribution in [1.82, 2.24) is 19.8 Å². The Balaban J connectivity index is 1.45. The average Bonchev–Trinajstić information content (AvgIpc) is 3.27. The molecule has 2 heterocycles. The quantitative estimate of drug-likeness (QED) is 0.464. The van der Waals surface area contributed by atoms with Gasteiger partial charge >= 0.3 is 5.97 Å². The molecule has 9 nitrogen and oxygen atoms in total. The number of fused-ring (bicyclic) bond motifs is 1. The molecular weight excluding hydrogens is 480 g/mol. The van der Waals surface area contributed by atoms with Crippen molar-refractivity contribution in [2.24, 2.45) is 5.41 Å². The van der Waals surface area contributed by atoms with E-state index in [4.69, 9.17) is 9.26 Å². The summed E-state index contributed by atoms with van der Waals surface area (Å²) in [7, 11) is -3.79. The van der Waals surface area contributed by atoms with Gasteiger partial charge in [-0.25, -0.2) is 13.1 Å². The first kappa shape index (κ1) is 26.0. The second kappa shape index (κ2) is 9.74. The van der Waals surface area contributed by atoms with Gasteiger partial charge in [0, 0.05) is 24.5 Å². The molecule has 0 saturated heterocycles. The zero-order chi connectivity index (χ0) is 26.1. The van der Waals surface area contributed by atoms with Crippen molar-refractivity contribution in [3.05, 3.63) is 47.8 Å². The van der Waals surface area contributed by atoms with Crippen LogP contribution >= 0.6 is 0 Å². The largest absolute Gasteiger partial charge is 0.460 e. The molecule has 3 aromatic rings. The lowest BCUT2D eigenvalue weighted by Gasteiger charge is -2.31. The van der Waals surface area contributed by atoms with E-state index in [-0.39, 0.29) is 23.3 Å². The molecule has 2 aromatic heterocycles. The Hall–Kier alpha value is -3.11. The zero-order valence-corrected chi connectivity index (χ0v) is 22.1. The Morgan fingerprint density at radius 1 is 1.17 bits per heavy atom. The van der Waals surface area contributed by atoms with Gasteiger partial charge in [0.1, 0.15) is 5.60 Å². The number of ether oxygens (including phenoxy) is 1. The van der Waals surface area contributed by atoms with E-state index >= 15 is 0 Å². The molecule has 0 amide bonds. The molecule has 0 unspecified atom stereocenters. The number of sulfonamides is 1. The van der Waals surface area contributed by atoms with Crippen LogP contribution in [0, 0.1) is 5.41 Å². The van der Waals surface area contributed by atoms with Gasteiger partial charge in [-0.3, -0.25) is 9.78 Å². The van der Waals surface area contributed by atoms with Crippen LogP contribution in [0.15, 0.2) is 46.1 Å². The second-order valence-electron chi connectivity index (χ2n) is 10.8. The fourth-order valence-corrected chi connectivity index (χ4v) is 5.26. The molecule has 0 atom stereocenters. The molecule has 1 aromatic carbocycles. The number of hydrogen-bond acceptors (Lipinski definition) is 8. The van der Waals surface area contributed by atoms with Crippen LogP contribution in [-0.2, 0) is 32.4 Å². The molecule has 1 N–H and O–H groups in total. The number of esters is 1. The second-order valence-corrected chi connectivity index (χ2v) is 12.6. The molecule has 36 heavy (non-hydrogen) atoms. The maximum absolute atomic E-state index is 12.6. The summed E-state index contributed by atoms with van der Waals surface area (Å²) in [5, 5.41) is 4.10. The van der Waals surface area contributed by atoms with Gasteiger partial charge in [-0.1, -0.05) is 19.0 Å². The molecule has 0 fully saturated rings. The smallest absolute Gasteiger partial charge is 0.307 e. The zero-order valence-electron chi connectivity index (χ0n) is 21.3. The van der Waals surface area contributed by atoms with E-state index in [9.17, 15) is 13.2 Å². The van der Waals surface area contributed by atoms with Crippen molar-refractivity contribution in [2.45, 2.75) is 70.8 Å². The maximum Gasteiger partial charge on any atom is 0.307 e. The summed E-state index contributed by atoms with van der Waals surface area (Å²) in [6.07, 6.45) is 6.55. The molecule has 0 radical (unpaired) electrons. The number of nitrogens with zero attached hydrogens (tertiary/aromatic N) is 3. The van der Waals surface area contributed by atoms with Crippen molar-refractivity contribution in [3.63, 3.8) is 0 Å². The van der Waals surface area contributed by atoms with E-state index in [2.05, 4.69) is 33.7 Å². The molecule has 0 spiro atoms. The van der Waals surface area contributed by atoms with E-state index in [0.29, 0.717) is 17.3 Å². The molecule has 10 heteroatoms. The highest BCUT2D eigenvalue weighted by Crippen LogP contribution is 2.38. The number of aromatic nitrogens is 3. The van der Waals surface area contributed by atoms with Crippen LogP contribution in [0.2, 0.25) is 0 Å². The number of carbonyl (C=O) groups excluding carboxylic acids is 1. The first-order valence-corrected chi connectivity index (χ1v) is 13.4. The molecule has 1 aliphatic rings. The van der Waals surface area contributed by atoms with E-state index < -0.39 is 21.6 Å². The Bertz CT molecular complexity index is 1360. The van der Waals surface area contributed by atoms with Crippen LogP contribution in [0.3, 0.4) is 0 Å². The van der Waals surface area contributed by atoms with E-state index in [0.717, 1.165) is 24.8 Å². The van der Waals surface area contributed by atoms with Crippen molar-refractivity contribution >= 4 is 16.0 Å². The van der Waals surface area contributed by atoms with E-state index in [1.54, 1.807) is 39.1 Å². The molecular formula is C26H32N4O5S. The topological polar surface area (TPSA) is 124 Å². The lowest BCUT2D eigenvalue weighted by Crippen LogP contribution is -2.29. The summed E-state index contributed by atoms with van der Waals surface area (Å²) in [5.74, 6) is 0.294. The maximum atomic E-state index is 12.6. The van der Waals surface area contributed by atoms with Crippen molar-refractivity contribution in [3.8, 4) is 22.8 Å². The van der Waals surface area contributed by atoms with E-state index in [1.165, 1.54) is 23.3 Å². The highest BCUT2D eigenvalue weighted by molar-refractivity contribution is 7.89. The van der Waals surface area contributed by atoms with Crippen LogP contribution in [-0.4, -0.2) is 41.7 Å². The van der Waals surface area contributed by atoms with Crippen molar-refractivity contribution < 1.29 is 22.5 Å². The minimum Gasteiger partial charge on any atom is -0.460 e. The number of carbonyl (C=O) groups is 1. The summed E-state index contributed by atoms with van der Waals surface area (Å²) in [4.78, 5) is 20.8. The van der Waals surface area contributed by atoms with Gasteiger partial charge in [0.05, 0.1) is 16.9 Å². The monoisotopic (exact) mass is 512 g/mol. The Morgan fingerprint density at radius 2 is 1.89 bits per heavy atom. The number of nitrogens with one attached hydrogen (secondary N) is 1. The van der Waals surface area contributed by atoms with Crippen LogP contribution in [0.25, 0.3) is 22.8 Å². The van der Waals surface area contributed by atoms with Gasteiger partial charge in [0.25, 0.3) is 5.89 Å². The fraction of sp³-hybridized carbons (Fsp3) is 0.462. The highest BCUT2D eigenvalue weighted by atomic mass is 32.2. The minimum atomic E-state index is -3.79. The van der Waals surface area contributed by atoms with Gasteiger partial charge < -0.3 is 9.26 Å². The molecule has 192 valence electrons. The van der Waals surface area contributed by atoms with Gasteiger partial charge in [-0.15, -0.1) is 0 Å². The van der Waals surface area contributed by atoms with Crippen LogP contribution in [0.1, 0.15) is 58.6 Å². The van der Waals surface area contributed by atoms with Crippen molar-refractivity contribution in [2.75, 3.05) is 6.54 Å². The third-order valence-electron chi connectivity index (χ3n) is 5.99. The normalized spacial score (nSPS) is 15.4. The van der Waals surface area contributed by atoms with Crippen LogP contribution in [0.4, 0.5) is 0 Å². The summed E-state index contributed by atoms with van der Waals surface area (Å²) < 4.78 is 38.4. The SMILES string of the molecule is CC1(C)CCc2c(cncc2-c2nc(-c3ccc(S(=O)(=O)NCCC(=O)OC(C)(C)C)cc3)no2)C1. The lowest BCUT2D eigenvalue weighted by atomic mass is 9.74. The van der Waals surface area contributed by atoms with Gasteiger partial charge in [0.15, 0.2) is 0 Å². The number of benzene rings is 1. The van der Waals surface area contributed by atoms with Gasteiger partial charge in [-0.2, -0.15) is 4.98 Å². The van der Waals surface area contributed by atoms with E-state index in [1.807, 2.05) is 6.20 Å².